The predicted octanol–water partition coefficient (Wildman–Crippen LogP) is 3.80. The third kappa shape index (κ3) is 3.10. The minimum absolute atomic E-state index is 0.0864. The molecule has 0 bridgehead atoms. The molecule has 5 heteroatoms. The largest absolute Gasteiger partial charge is 0.481 e. The van der Waals surface area contributed by atoms with Crippen LogP contribution in [0.25, 0.3) is 11.0 Å². The summed E-state index contributed by atoms with van der Waals surface area (Å²) >= 11 is 0. The lowest BCUT2D eigenvalue weighted by Gasteiger charge is -2.32. The van der Waals surface area contributed by atoms with Gasteiger partial charge >= 0.3 is 5.97 Å². The summed E-state index contributed by atoms with van der Waals surface area (Å²) in [5, 5.41) is 10.5. The Balaban J connectivity index is 1.61. The van der Waals surface area contributed by atoms with Crippen molar-refractivity contribution in [3.8, 4) is 0 Å². The first kappa shape index (κ1) is 17.3. The molecule has 0 radical (unpaired) electrons. The van der Waals surface area contributed by atoms with Gasteiger partial charge in [-0.2, -0.15) is 0 Å². The Labute approximate surface area is 157 Å². The SMILES string of the molecule is Cc1cc2occ(CC(=O)N3Cc4ccccc4C(C(=O)O)C3)c2cc1C. The summed E-state index contributed by atoms with van der Waals surface area (Å²) < 4.78 is 5.62. The lowest BCUT2D eigenvalue weighted by atomic mass is 9.89. The Morgan fingerprint density at radius 1 is 1.19 bits per heavy atom. The number of fused-ring (bicyclic) bond motifs is 2. The van der Waals surface area contributed by atoms with E-state index in [4.69, 9.17) is 4.42 Å². The number of nitrogens with zero attached hydrogens (tertiary/aromatic N) is 1. The zero-order valence-corrected chi connectivity index (χ0v) is 15.4. The highest BCUT2D eigenvalue weighted by atomic mass is 16.4. The fourth-order valence-electron chi connectivity index (χ4n) is 3.76. The van der Waals surface area contributed by atoms with Gasteiger partial charge in [0.05, 0.1) is 18.6 Å². The lowest BCUT2D eigenvalue weighted by Crippen LogP contribution is -2.41. The zero-order valence-electron chi connectivity index (χ0n) is 15.4. The number of carbonyl (C=O) groups is 2. The van der Waals surface area contributed by atoms with Crippen molar-refractivity contribution in [1.29, 1.82) is 0 Å². The van der Waals surface area contributed by atoms with Crippen LogP contribution in [0.5, 0.6) is 0 Å². The van der Waals surface area contributed by atoms with Crippen LogP contribution in [-0.2, 0) is 22.6 Å². The zero-order chi connectivity index (χ0) is 19.1. The number of hydrogen-bond donors (Lipinski definition) is 1. The van der Waals surface area contributed by atoms with Gasteiger partial charge in [0.1, 0.15) is 5.58 Å². The molecule has 1 amide bonds. The maximum Gasteiger partial charge on any atom is 0.312 e. The second-order valence-corrected chi connectivity index (χ2v) is 7.23. The highest BCUT2D eigenvalue weighted by molar-refractivity contribution is 5.89. The van der Waals surface area contributed by atoms with Crippen LogP contribution in [0, 0.1) is 13.8 Å². The molecule has 138 valence electrons. The first-order chi connectivity index (χ1) is 12.9. The molecule has 27 heavy (non-hydrogen) atoms. The van der Waals surface area contributed by atoms with E-state index in [9.17, 15) is 14.7 Å². The third-order valence-electron chi connectivity index (χ3n) is 5.46. The van der Waals surface area contributed by atoms with E-state index in [0.29, 0.717) is 6.54 Å². The summed E-state index contributed by atoms with van der Waals surface area (Å²) in [5.41, 5.74) is 5.60. The molecule has 1 unspecified atom stereocenters. The van der Waals surface area contributed by atoms with Crippen molar-refractivity contribution in [2.24, 2.45) is 0 Å². The van der Waals surface area contributed by atoms with Gasteiger partial charge < -0.3 is 14.4 Å². The molecular weight excluding hydrogens is 342 g/mol. The topological polar surface area (TPSA) is 70.8 Å². The van der Waals surface area contributed by atoms with E-state index in [1.165, 1.54) is 0 Å². The summed E-state index contributed by atoms with van der Waals surface area (Å²) in [4.78, 5) is 26.3. The van der Waals surface area contributed by atoms with Crippen LogP contribution in [-0.4, -0.2) is 28.4 Å². The third-order valence-corrected chi connectivity index (χ3v) is 5.46. The summed E-state index contributed by atoms with van der Waals surface area (Å²) in [6, 6.07) is 11.5. The maximum atomic E-state index is 12.9. The Bertz CT molecular complexity index is 1050. The van der Waals surface area contributed by atoms with Crippen molar-refractivity contribution in [3.05, 3.63) is 70.5 Å². The first-order valence-electron chi connectivity index (χ1n) is 8.99. The predicted molar refractivity (Wildman–Crippen MR) is 102 cm³/mol. The van der Waals surface area contributed by atoms with E-state index in [1.807, 2.05) is 50.2 Å². The van der Waals surface area contributed by atoms with Crippen molar-refractivity contribution < 1.29 is 19.1 Å². The number of carboxylic acid groups (broad SMARTS) is 1. The van der Waals surface area contributed by atoms with E-state index in [-0.39, 0.29) is 18.9 Å². The van der Waals surface area contributed by atoms with E-state index in [1.54, 1.807) is 11.2 Å². The number of benzene rings is 2. The average Bonchev–Trinajstić information content (AvgIpc) is 3.02. The standard InChI is InChI=1S/C22H21NO4/c1-13-7-18-16(12-27-20(18)8-14(13)2)9-21(24)23-10-15-5-3-4-6-17(15)19(11-23)22(25)26/h3-8,12,19H,9-11H2,1-2H3,(H,25,26). The molecular formula is C22H21NO4. The second kappa shape index (κ2) is 6.58. The molecule has 0 aliphatic carbocycles. The van der Waals surface area contributed by atoms with Crippen molar-refractivity contribution in [3.63, 3.8) is 0 Å². The smallest absolute Gasteiger partial charge is 0.312 e. The average molecular weight is 363 g/mol. The lowest BCUT2D eigenvalue weighted by molar-refractivity contribution is -0.141. The molecule has 1 N–H and O–H groups in total. The molecule has 0 saturated heterocycles. The molecule has 2 heterocycles. The maximum absolute atomic E-state index is 12.9. The van der Waals surface area contributed by atoms with Crippen molar-refractivity contribution in [2.45, 2.75) is 32.7 Å². The van der Waals surface area contributed by atoms with Gasteiger partial charge in [0.15, 0.2) is 0 Å². The number of aliphatic carboxylic acids is 1. The van der Waals surface area contributed by atoms with Crippen LogP contribution >= 0.6 is 0 Å². The summed E-state index contributed by atoms with van der Waals surface area (Å²) in [6.45, 7) is 4.69. The molecule has 1 atom stereocenters. The number of furan rings is 1. The Hall–Kier alpha value is -3.08. The Morgan fingerprint density at radius 3 is 2.70 bits per heavy atom. The number of aryl methyl sites for hydroxylation is 2. The highest BCUT2D eigenvalue weighted by Gasteiger charge is 2.32. The quantitative estimate of drug-likeness (QED) is 0.768. The van der Waals surface area contributed by atoms with Gasteiger partial charge in [0, 0.05) is 24.0 Å². The van der Waals surface area contributed by atoms with Gasteiger partial charge in [-0.15, -0.1) is 0 Å². The fraction of sp³-hybridized carbons (Fsp3) is 0.273. The molecule has 0 fully saturated rings. The van der Waals surface area contributed by atoms with Crippen LogP contribution in [0.4, 0.5) is 0 Å². The molecule has 1 aromatic heterocycles. The normalized spacial score (nSPS) is 16.4. The summed E-state index contributed by atoms with van der Waals surface area (Å²) in [5.74, 6) is -1.68. The molecule has 3 aromatic rings. The minimum atomic E-state index is -0.903. The molecule has 0 spiro atoms. The van der Waals surface area contributed by atoms with Crippen molar-refractivity contribution in [2.75, 3.05) is 6.54 Å². The van der Waals surface area contributed by atoms with Gasteiger partial charge in [-0.25, -0.2) is 0 Å². The Kier molecular flexibility index (Phi) is 4.22. The monoisotopic (exact) mass is 363 g/mol. The van der Waals surface area contributed by atoms with Gasteiger partial charge in [0.25, 0.3) is 0 Å². The van der Waals surface area contributed by atoms with Crippen molar-refractivity contribution >= 4 is 22.8 Å². The van der Waals surface area contributed by atoms with Crippen LogP contribution in [0.15, 0.2) is 47.1 Å². The number of carboxylic acids is 1. The molecule has 2 aromatic carbocycles. The molecule has 0 saturated carbocycles. The minimum Gasteiger partial charge on any atom is -0.481 e. The van der Waals surface area contributed by atoms with E-state index in [0.717, 1.165) is 38.8 Å². The molecule has 5 nitrogen and oxygen atoms in total. The first-order valence-corrected chi connectivity index (χ1v) is 8.99. The van der Waals surface area contributed by atoms with Crippen LogP contribution in [0.3, 0.4) is 0 Å². The molecule has 4 rings (SSSR count). The van der Waals surface area contributed by atoms with Gasteiger partial charge in [-0.1, -0.05) is 24.3 Å². The Morgan fingerprint density at radius 2 is 1.93 bits per heavy atom. The molecule has 1 aliphatic heterocycles. The van der Waals surface area contributed by atoms with Gasteiger partial charge in [-0.05, 0) is 48.2 Å². The van der Waals surface area contributed by atoms with E-state index in [2.05, 4.69) is 0 Å². The fourth-order valence-corrected chi connectivity index (χ4v) is 3.76. The van der Waals surface area contributed by atoms with E-state index >= 15 is 0 Å². The van der Waals surface area contributed by atoms with Crippen LogP contribution in [0.1, 0.15) is 33.7 Å². The van der Waals surface area contributed by atoms with Crippen molar-refractivity contribution in [1.82, 2.24) is 4.90 Å². The highest BCUT2D eigenvalue weighted by Crippen LogP contribution is 2.30. The number of amides is 1. The number of hydrogen-bond acceptors (Lipinski definition) is 3. The van der Waals surface area contributed by atoms with Crippen LogP contribution < -0.4 is 0 Å². The summed E-state index contributed by atoms with van der Waals surface area (Å²) in [7, 11) is 0. The van der Waals surface area contributed by atoms with Crippen LogP contribution in [0.2, 0.25) is 0 Å². The molecule has 1 aliphatic rings. The summed E-state index contributed by atoms with van der Waals surface area (Å²) in [6.07, 6.45) is 1.83. The second-order valence-electron chi connectivity index (χ2n) is 7.23. The van der Waals surface area contributed by atoms with E-state index < -0.39 is 11.9 Å². The van der Waals surface area contributed by atoms with Gasteiger partial charge in [-0.3, -0.25) is 9.59 Å². The number of rotatable bonds is 3. The number of carbonyl (C=O) groups excluding carboxylic acids is 1. The van der Waals surface area contributed by atoms with Gasteiger partial charge in [0.2, 0.25) is 5.91 Å².